The van der Waals surface area contributed by atoms with Gasteiger partial charge in [-0.05, 0) is 79.9 Å². The van der Waals surface area contributed by atoms with Crippen LogP contribution in [0, 0.1) is 23.6 Å². The van der Waals surface area contributed by atoms with Gasteiger partial charge in [0.1, 0.15) is 5.82 Å². The molecular formula is C29H44F4. The van der Waals surface area contributed by atoms with Gasteiger partial charge in [-0.2, -0.15) is 13.2 Å². The van der Waals surface area contributed by atoms with E-state index in [0.29, 0.717) is 0 Å². The maximum Gasteiger partial charge on any atom is 0.419 e. The van der Waals surface area contributed by atoms with Crippen LogP contribution in [0.1, 0.15) is 133 Å². The molecule has 188 valence electrons. The van der Waals surface area contributed by atoms with Gasteiger partial charge in [0.15, 0.2) is 0 Å². The van der Waals surface area contributed by atoms with Gasteiger partial charge in [-0.1, -0.05) is 83.6 Å². The molecule has 0 heterocycles. The van der Waals surface area contributed by atoms with Crippen LogP contribution in [0.3, 0.4) is 0 Å². The predicted octanol–water partition coefficient (Wildman–Crippen LogP) is 10.5. The average Bonchev–Trinajstić information content (AvgIpc) is 2.80. The van der Waals surface area contributed by atoms with E-state index in [4.69, 9.17) is 0 Å². The third-order valence-corrected chi connectivity index (χ3v) is 8.57. The molecule has 0 atom stereocenters. The Bertz CT molecular complexity index is 679. The van der Waals surface area contributed by atoms with E-state index in [9.17, 15) is 17.6 Å². The minimum atomic E-state index is -4.62. The van der Waals surface area contributed by atoms with Gasteiger partial charge in [0.25, 0.3) is 0 Å². The second kappa shape index (κ2) is 13.1. The third-order valence-electron chi connectivity index (χ3n) is 8.57. The molecule has 0 unspecified atom stereocenters. The molecule has 2 fully saturated rings. The van der Waals surface area contributed by atoms with Crippen molar-refractivity contribution in [1.29, 1.82) is 0 Å². The summed E-state index contributed by atoms with van der Waals surface area (Å²) in [5, 5.41) is 0. The topological polar surface area (TPSA) is 0 Å². The Morgan fingerprint density at radius 1 is 0.727 bits per heavy atom. The van der Waals surface area contributed by atoms with Crippen molar-refractivity contribution >= 4 is 0 Å². The first kappa shape index (κ1) is 26.5. The van der Waals surface area contributed by atoms with E-state index in [1.165, 1.54) is 89.5 Å². The largest absolute Gasteiger partial charge is 0.419 e. The highest BCUT2D eigenvalue weighted by atomic mass is 19.4. The predicted molar refractivity (Wildman–Crippen MR) is 129 cm³/mol. The molecule has 0 radical (unpaired) electrons. The molecule has 2 saturated carbocycles. The standard InChI is InChI=1S/C29H44F4/c1-2-3-4-5-6-7-8-9-10-22-11-13-23(14-12-22)24-15-17-25(18-16-24)26-19-20-27(28(30)21-26)29(31,32)33/h19-25H,2-18H2,1H3. The van der Waals surface area contributed by atoms with Crippen LogP contribution in [0.25, 0.3) is 0 Å². The van der Waals surface area contributed by atoms with Crippen LogP contribution in [0.5, 0.6) is 0 Å². The highest BCUT2D eigenvalue weighted by Gasteiger charge is 2.35. The van der Waals surface area contributed by atoms with Crippen LogP contribution in [-0.2, 0) is 6.18 Å². The lowest BCUT2D eigenvalue weighted by Gasteiger charge is -2.38. The lowest BCUT2D eigenvalue weighted by molar-refractivity contribution is -0.140. The number of rotatable bonds is 11. The van der Waals surface area contributed by atoms with E-state index in [2.05, 4.69) is 6.92 Å². The summed E-state index contributed by atoms with van der Waals surface area (Å²) in [6.07, 6.45) is 17.6. The second-order valence-electron chi connectivity index (χ2n) is 10.9. The van der Waals surface area contributed by atoms with Crippen molar-refractivity contribution in [2.24, 2.45) is 17.8 Å². The molecule has 4 heteroatoms. The number of halogens is 4. The average molecular weight is 469 g/mol. The lowest BCUT2D eigenvalue weighted by Crippen LogP contribution is -2.25. The van der Waals surface area contributed by atoms with E-state index in [1.54, 1.807) is 0 Å². The van der Waals surface area contributed by atoms with Gasteiger partial charge in [0.05, 0.1) is 5.56 Å². The molecule has 0 aromatic heterocycles. The lowest BCUT2D eigenvalue weighted by atomic mass is 9.68. The van der Waals surface area contributed by atoms with Gasteiger partial charge in [-0.15, -0.1) is 0 Å². The monoisotopic (exact) mass is 468 g/mol. The van der Waals surface area contributed by atoms with Crippen molar-refractivity contribution in [3.63, 3.8) is 0 Å². The van der Waals surface area contributed by atoms with Crippen molar-refractivity contribution < 1.29 is 17.6 Å². The Balaban J connectivity index is 1.32. The Labute approximate surface area is 198 Å². The number of benzene rings is 1. The van der Waals surface area contributed by atoms with E-state index in [-0.39, 0.29) is 5.92 Å². The van der Waals surface area contributed by atoms with E-state index in [1.807, 2.05) is 0 Å². The zero-order chi connectivity index (χ0) is 23.7. The van der Waals surface area contributed by atoms with Crippen LogP contribution in [0.2, 0.25) is 0 Å². The van der Waals surface area contributed by atoms with E-state index in [0.717, 1.165) is 61.1 Å². The quantitative estimate of drug-likeness (QED) is 0.224. The van der Waals surface area contributed by atoms with Crippen molar-refractivity contribution in [2.45, 2.75) is 128 Å². The van der Waals surface area contributed by atoms with Gasteiger partial charge in [0, 0.05) is 0 Å². The Morgan fingerprint density at radius 2 is 1.27 bits per heavy atom. The number of hydrogen-bond donors (Lipinski definition) is 0. The molecule has 0 aliphatic heterocycles. The fourth-order valence-corrected chi connectivity index (χ4v) is 6.45. The fraction of sp³-hybridized carbons (Fsp3) is 0.793. The van der Waals surface area contributed by atoms with Gasteiger partial charge < -0.3 is 0 Å². The van der Waals surface area contributed by atoms with Crippen molar-refractivity contribution in [3.8, 4) is 0 Å². The molecule has 2 aliphatic carbocycles. The van der Waals surface area contributed by atoms with Crippen LogP contribution in [0.4, 0.5) is 17.6 Å². The maximum absolute atomic E-state index is 14.0. The molecule has 0 saturated heterocycles. The van der Waals surface area contributed by atoms with Crippen LogP contribution in [0.15, 0.2) is 18.2 Å². The molecule has 0 N–H and O–H groups in total. The summed E-state index contributed by atoms with van der Waals surface area (Å²) in [6.45, 7) is 2.27. The zero-order valence-corrected chi connectivity index (χ0v) is 20.6. The normalized spacial score (nSPS) is 26.5. The van der Waals surface area contributed by atoms with E-state index < -0.39 is 17.6 Å². The molecule has 3 rings (SSSR count). The molecule has 1 aromatic rings. The van der Waals surface area contributed by atoms with E-state index >= 15 is 0 Å². The van der Waals surface area contributed by atoms with Crippen molar-refractivity contribution in [1.82, 2.24) is 0 Å². The fourth-order valence-electron chi connectivity index (χ4n) is 6.45. The highest BCUT2D eigenvalue weighted by Crippen LogP contribution is 2.45. The molecule has 33 heavy (non-hydrogen) atoms. The SMILES string of the molecule is CCCCCCCCCCC1CCC(C2CCC(c3ccc(C(F)(F)F)c(F)c3)CC2)CC1. The second-order valence-corrected chi connectivity index (χ2v) is 10.9. The molecule has 2 aliphatic rings. The van der Waals surface area contributed by atoms with Crippen LogP contribution in [-0.4, -0.2) is 0 Å². The first-order valence-corrected chi connectivity index (χ1v) is 13.7. The van der Waals surface area contributed by atoms with Crippen LogP contribution >= 0.6 is 0 Å². The molecular weight excluding hydrogens is 424 g/mol. The summed E-state index contributed by atoms with van der Waals surface area (Å²) in [4.78, 5) is 0. The van der Waals surface area contributed by atoms with Gasteiger partial charge in [-0.3, -0.25) is 0 Å². The maximum atomic E-state index is 14.0. The minimum Gasteiger partial charge on any atom is -0.206 e. The first-order valence-electron chi connectivity index (χ1n) is 13.7. The third kappa shape index (κ3) is 8.28. The number of unbranched alkanes of at least 4 members (excludes halogenated alkanes) is 7. The molecule has 0 amide bonds. The Kier molecular flexibility index (Phi) is 10.6. The summed E-state index contributed by atoms with van der Waals surface area (Å²) < 4.78 is 52.4. The number of alkyl halides is 3. The zero-order valence-electron chi connectivity index (χ0n) is 20.6. The Morgan fingerprint density at radius 3 is 1.82 bits per heavy atom. The van der Waals surface area contributed by atoms with Gasteiger partial charge >= 0.3 is 6.18 Å². The molecule has 0 nitrogen and oxygen atoms in total. The minimum absolute atomic E-state index is 0.205. The molecule has 0 bridgehead atoms. The smallest absolute Gasteiger partial charge is 0.206 e. The summed E-state index contributed by atoms with van der Waals surface area (Å²) >= 11 is 0. The molecule has 1 aromatic carbocycles. The van der Waals surface area contributed by atoms with Gasteiger partial charge in [-0.25, -0.2) is 4.39 Å². The summed E-state index contributed by atoms with van der Waals surface area (Å²) in [7, 11) is 0. The Hall–Kier alpha value is -1.06. The summed E-state index contributed by atoms with van der Waals surface area (Å²) in [6, 6.07) is 3.54. The first-order chi connectivity index (χ1) is 15.9. The summed E-state index contributed by atoms with van der Waals surface area (Å²) in [5.41, 5.74) is -0.406. The number of hydrogen-bond acceptors (Lipinski definition) is 0. The highest BCUT2D eigenvalue weighted by molar-refractivity contribution is 5.29. The van der Waals surface area contributed by atoms with Crippen molar-refractivity contribution in [3.05, 3.63) is 35.1 Å². The summed E-state index contributed by atoms with van der Waals surface area (Å²) in [5.74, 6) is 1.58. The van der Waals surface area contributed by atoms with Crippen LogP contribution < -0.4 is 0 Å². The van der Waals surface area contributed by atoms with Gasteiger partial charge in [0.2, 0.25) is 0 Å². The molecule has 0 spiro atoms. The van der Waals surface area contributed by atoms with Crippen molar-refractivity contribution in [2.75, 3.05) is 0 Å².